The summed E-state index contributed by atoms with van der Waals surface area (Å²) in [6.07, 6.45) is 3.93. The molecule has 1 rings (SSSR count). The van der Waals surface area contributed by atoms with Crippen LogP contribution in [0.5, 0.6) is 0 Å². The Morgan fingerprint density at radius 2 is 2.18 bits per heavy atom. The Morgan fingerprint density at radius 1 is 1.47 bits per heavy atom. The number of nitrogens with one attached hydrogen (secondary N) is 1. The Hall–Kier alpha value is -1.34. The van der Waals surface area contributed by atoms with Crippen molar-refractivity contribution in [1.82, 2.24) is 5.32 Å². The van der Waals surface area contributed by atoms with E-state index in [1.165, 1.54) is 0 Å². The van der Waals surface area contributed by atoms with Crippen LogP contribution in [0.25, 0.3) is 0 Å². The van der Waals surface area contributed by atoms with E-state index >= 15 is 0 Å². The smallest absolute Gasteiger partial charge is 0.328 e. The number of carbonyl (C=O) groups is 1. The van der Waals surface area contributed by atoms with Gasteiger partial charge in [-0.05, 0) is 6.42 Å². The van der Waals surface area contributed by atoms with Crippen LogP contribution in [0.2, 0.25) is 0 Å². The molecule has 0 saturated heterocycles. The minimum Gasteiger partial charge on any atom is -0.450 e. The molecule has 0 fully saturated rings. The lowest BCUT2D eigenvalue weighted by Gasteiger charge is -2.01. The maximum absolute atomic E-state index is 11.5. The maximum Gasteiger partial charge on any atom is 0.328 e. The van der Waals surface area contributed by atoms with Crippen LogP contribution in [0.3, 0.4) is 0 Å². The second-order valence-electron chi connectivity index (χ2n) is 3.59. The van der Waals surface area contributed by atoms with Crippen molar-refractivity contribution in [3.05, 3.63) is 17.9 Å². The summed E-state index contributed by atoms with van der Waals surface area (Å²) in [6, 6.07) is 0.991. The first-order valence-electron chi connectivity index (χ1n) is 5.29. The van der Waals surface area contributed by atoms with Gasteiger partial charge in [0.05, 0.1) is 5.56 Å². The molecule has 0 radical (unpaired) electrons. The van der Waals surface area contributed by atoms with Crippen LogP contribution in [0.4, 0.5) is 0 Å². The fourth-order valence-electron chi connectivity index (χ4n) is 1.25. The SMILES string of the molecule is CCCCCNC(=O)c1coc(S(=O)(=O)O)c1. The predicted molar refractivity (Wildman–Crippen MR) is 60.4 cm³/mol. The van der Waals surface area contributed by atoms with Crippen LogP contribution in [0, 0.1) is 0 Å². The molecule has 0 aliphatic rings. The van der Waals surface area contributed by atoms with Gasteiger partial charge in [0.1, 0.15) is 6.26 Å². The monoisotopic (exact) mass is 261 g/mol. The second-order valence-corrected chi connectivity index (χ2v) is 4.94. The first kappa shape index (κ1) is 13.7. The van der Waals surface area contributed by atoms with Crippen molar-refractivity contribution in [2.45, 2.75) is 31.3 Å². The van der Waals surface area contributed by atoms with Gasteiger partial charge in [-0.3, -0.25) is 9.35 Å². The van der Waals surface area contributed by atoms with Crippen LogP contribution in [0.15, 0.2) is 21.8 Å². The molecule has 0 saturated carbocycles. The zero-order valence-corrected chi connectivity index (χ0v) is 10.3. The largest absolute Gasteiger partial charge is 0.450 e. The predicted octanol–water partition coefficient (Wildman–Crippen LogP) is 1.45. The van der Waals surface area contributed by atoms with Crippen LogP contribution in [-0.2, 0) is 10.1 Å². The van der Waals surface area contributed by atoms with Gasteiger partial charge in [-0.15, -0.1) is 0 Å². The van der Waals surface area contributed by atoms with Crippen LogP contribution < -0.4 is 5.32 Å². The molecule has 17 heavy (non-hydrogen) atoms. The summed E-state index contributed by atoms with van der Waals surface area (Å²) >= 11 is 0. The average Bonchev–Trinajstić information content (AvgIpc) is 2.72. The van der Waals surface area contributed by atoms with Crippen LogP contribution in [-0.4, -0.2) is 25.4 Å². The highest BCUT2D eigenvalue weighted by molar-refractivity contribution is 7.85. The van der Waals surface area contributed by atoms with Crippen molar-refractivity contribution in [3.8, 4) is 0 Å². The van der Waals surface area contributed by atoms with Gasteiger partial charge >= 0.3 is 10.1 Å². The molecule has 1 aromatic rings. The first-order chi connectivity index (χ1) is 7.95. The highest BCUT2D eigenvalue weighted by Gasteiger charge is 2.17. The number of unbranched alkanes of at least 4 members (excludes halogenated alkanes) is 2. The van der Waals surface area contributed by atoms with E-state index in [9.17, 15) is 13.2 Å². The normalized spacial score (nSPS) is 11.4. The molecule has 7 heteroatoms. The highest BCUT2D eigenvalue weighted by atomic mass is 32.2. The number of furan rings is 1. The fourth-order valence-corrected chi connectivity index (χ4v) is 1.70. The maximum atomic E-state index is 11.5. The van der Waals surface area contributed by atoms with Crippen molar-refractivity contribution in [1.29, 1.82) is 0 Å². The molecule has 96 valence electrons. The van der Waals surface area contributed by atoms with Crippen molar-refractivity contribution in [2.75, 3.05) is 6.54 Å². The van der Waals surface area contributed by atoms with Gasteiger partial charge in [-0.25, -0.2) is 0 Å². The second kappa shape index (κ2) is 5.83. The topological polar surface area (TPSA) is 96.6 Å². The minimum atomic E-state index is -4.39. The summed E-state index contributed by atoms with van der Waals surface area (Å²) in [6.45, 7) is 2.58. The number of rotatable bonds is 6. The van der Waals surface area contributed by atoms with Crippen LogP contribution in [0.1, 0.15) is 36.5 Å². The minimum absolute atomic E-state index is 0.0779. The molecule has 0 bridgehead atoms. The molecular formula is C10H15NO5S. The number of carbonyl (C=O) groups excluding carboxylic acids is 1. The summed E-state index contributed by atoms with van der Waals surface area (Å²) in [4.78, 5) is 11.5. The Morgan fingerprint density at radius 3 is 2.71 bits per heavy atom. The summed E-state index contributed by atoms with van der Waals surface area (Å²) in [7, 11) is -4.39. The molecule has 1 aromatic heterocycles. The molecular weight excluding hydrogens is 246 g/mol. The van der Waals surface area contributed by atoms with Gasteiger partial charge < -0.3 is 9.73 Å². The Balaban J connectivity index is 2.56. The fraction of sp³-hybridized carbons (Fsp3) is 0.500. The van der Waals surface area contributed by atoms with Gasteiger partial charge in [0, 0.05) is 12.6 Å². The molecule has 0 atom stereocenters. The quantitative estimate of drug-likeness (QED) is 0.596. The van der Waals surface area contributed by atoms with Crippen molar-refractivity contribution in [2.24, 2.45) is 0 Å². The highest BCUT2D eigenvalue weighted by Crippen LogP contribution is 2.13. The van der Waals surface area contributed by atoms with Crippen molar-refractivity contribution < 1.29 is 22.2 Å². The third-order valence-electron chi connectivity index (χ3n) is 2.16. The zero-order valence-electron chi connectivity index (χ0n) is 9.47. The Labute approximate surface area is 99.8 Å². The molecule has 1 heterocycles. The molecule has 0 aliphatic heterocycles. The number of hydrogen-bond acceptors (Lipinski definition) is 4. The third kappa shape index (κ3) is 4.20. The summed E-state index contributed by atoms with van der Waals surface area (Å²) in [5.41, 5.74) is 0.0779. The van der Waals surface area contributed by atoms with E-state index in [0.717, 1.165) is 31.6 Å². The van der Waals surface area contributed by atoms with E-state index in [1.54, 1.807) is 0 Å². The van der Waals surface area contributed by atoms with E-state index < -0.39 is 21.1 Å². The summed E-state index contributed by atoms with van der Waals surface area (Å²) < 4.78 is 34.7. The lowest BCUT2D eigenvalue weighted by molar-refractivity contribution is 0.0952. The van der Waals surface area contributed by atoms with E-state index in [4.69, 9.17) is 4.55 Å². The zero-order chi connectivity index (χ0) is 12.9. The standard InChI is InChI=1S/C10H15NO5S/c1-2-3-4-5-11-10(12)8-6-9(16-7-8)17(13,14)15/h6-7H,2-5H2,1H3,(H,11,12)(H,13,14,15). The van der Waals surface area contributed by atoms with Crippen molar-refractivity contribution >= 4 is 16.0 Å². The third-order valence-corrected chi connectivity index (χ3v) is 2.88. The van der Waals surface area contributed by atoms with Gasteiger partial charge in [-0.1, -0.05) is 19.8 Å². The molecule has 6 nitrogen and oxygen atoms in total. The van der Waals surface area contributed by atoms with Crippen molar-refractivity contribution in [3.63, 3.8) is 0 Å². The lowest BCUT2D eigenvalue weighted by Crippen LogP contribution is -2.23. The van der Waals surface area contributed by atoms with Gasteiger partial charge in [0.2, 0.25) is 5.09 Å². The van der Waals surface area contributed by atoms with E-state index in [-0.39, 0.29) is 5.56 Å². The molecule has 0 aromatic carbocycles. The van der Waals surface area contributed by atoms with Gasteiger partial charge in [-0.2, -0.15) is 8.42 Å². The van der Waals surface area contributed by atoms with Gasteiger partial charge in [0.15, 0.2) is 0 Å². The summed E-state index contributed by atoms with van der Waals surface area (Å²) in [5.74, 6) is -0.417. The molecule has 2 N–H and O–H groups in total. The van der Waals surface area contributed by atoms with E-state index in [0.29, 0.717) is 6.54 Å². The number of hydrogen-bond donors (Lipinski definition) is 2. The first-order valence-corrected chi connectivity index (χ1v) is 6.73. The Kier molecular flexibility index (Phi) is 4.71. The van der Waals surface area contributed by atoms with Gasteiger partial charge in [0.25, 0.3) is 5.91 Å². The van der Waals surface area contributed by atoms with Crippen LogP contribution >= 0.6 is 0 Å². The molecule has 0 unspecified atom stereocenters. The molecule has 1 amide bonds. The Bertz CT molecular complexity index is 477. The summed E-state index contributed by atoms with van der Waals surface area (Å²) in [5, 5.41) is 1.99. The lowest BCUT2D eigenvalue weighted by atomic mass is 10.2. The van der Waals surface area contributed by atoms with E-state index in [1.807, 2.05) is 0 Å². The number of amides is 1. The molecule has 0 spiro atoms. The molecule has 0 aliphatic carbocycles. The average molecular weight is 261 g/mol. The van der Waals surface area contributed by atoms with E-state index in [2.05, 4.69) is 16.7 Å².